The first kappa shape index (κ1) is 14.7. The Morgan fingerprint density at radius 3 is 2.71 bits per heavy atom. The van der Waals surface area contributed by atoms with Gasteiger partial charge in [-0.3, -0.25) is 4.98 Å². The Morgan fingerprint density at radius 2 is 1.96 bits per heavy atom. The fourth-order valence-corrected chi connectivity index (χ4v) is 2.91. The molecule has 0 saturated heterocycles. The van der Waals surface area contributed by atoms with Crippen molar-refractivity contribution in [3.63, 3.8) is 0 Å². The van der Waals surface area contributed by atoms with E-state index in [0.29, 0.717) is 29.1 Å². The molecule has 6 nitrogen and oxygen atoms in total. The molecule has 0 aliphatic heterocycles. The topological polar surface area (TPSA) is 70.3 Å². The van der Waals surface area contributed by atoms with E-state index in [2.05, 4.69) is 21.2 Å². The minimum Gasteiger partial charge on any atom is -0.493 e. The van der Waals surface area contributed by atoms with Crippen LogP contribution in [0.1, 0.15) is 29.7 Å². The van der Waals surface area contributed by atoms with Crippen LogP contribution in [0, 0.1) is 0 Å². The molecule has 4 rings (SSSR count). The molecule has 3 aromatic rings. The Bertz CT molecular complexity index is 848. The number of ether oxygens (including phenoxy) is 2. The second-order valence-electron chi connectivity index (χ2n) is 5.76. The molecule has 2 atom stereocenters. The van der Waals surface area contributed by atoms with Crippen LogP contribution >= 0.6 is 0 Å². The highest BCUT2D eigenvalue weighted by Crippen LogP contribution is 2.54. The normalized spacial score (nSPS) is 19.1. The summed E-state index contributed by atoms with van der Waals surface area (Å²) in [4.78, 5) is 8.72. The van der Waals surface area contributed by atoms with E-state index in [9.17, 15) is 0 Å². The summed E-state index contributed by atoms with van der Waals surface area (Å²) in [5.41, 5.74) is 2.05. The van der Waals surface area contributed by atoms with Crippen molar-refractivity contribution in [2.24, 2.45) is 0 Å². The van der Waals surface area contributed by atoms with Gasteiger partial charge in [0.1, 0.15) is 0 Å². The van der Waals surface area contributed by atoms with Crippen LogP contribution in [0.3, 0.4) is 0 Å². The SMILES string of the molecule is COc1ccc(-c2noc([C@@H]3C[C@@H]3c3cccnc3)n2)cc1OC. The van der Waals surface area contributed by atoms with Crippen molar-refractivity contribution in [3.8, 4) is 22.9 Å². The maximum absolute atomic E-state index is 5.47. The number of hydrogen-bond donors (Lipinski definition) is 0. The van der Waals surface area contributed by atoms with Gasteiger partial charge in [0.2, 0.25) is 11.7 Å². The fourth-order valence-electron chi connectivity index (χ4n) is 2.91. The summed E-state index contributed by atoms with van der Waals surface area (Å²) in [7, 11) is 3.21. The smallest absolute Gasteiger partial charge is 0.230 e. The molecule has 122 valence electrons. The maximum Gasteiger partial charge on any atom is 0.230 e. The molecule has 2 aromatic heterocycles. The highest BCUT2D eigenvalue weighted by Gasteiger charge is 2.43. The molecular weight excluding hydrogens is 306 g/mol. The van der Waals surface area contributed by atoms with Crippen LogP contribution in [0.4, 0.5) is 0 Å². The number of methoxy groups -OCH3 is 2. The number of aromatic nitrogens is 3. The average Bonchev–Trinajstić information content (AvgIpc) is 3.30. The largest absolute Gasteiger partial charge is 0.493 e. The fraction of sp³-hybridized carbons (Fsp3) is 0.278. The lowest BCUT2D eigenvalue weighted by molar-refractivity contribution is 0.355. The molecule has 0 amide bonds. The highest BCUT2D eigenvalue weighted by atomic mass is 16.5. The average molecular weight is 323 g/mol. The Labute approximate surface area is 139 Å². The van der Waals surface area contributed by atoms with E-state index >= 15 is 0 Å². The lowest BCUT2D eigenvalue weighted by Gasteiger charge is -2.07. The van der Waals surface area contributed by atoms with Crippen LogP contribution in [0.25, 0.3) is 11.4 Å². The first-order valence-corrected chi connectivity index (χ1v) is 7.76. The highest BCUT2D eigenvalue weighted by molar-refractivity contribution is 5.60. The van der Waals surface area contributed by atoms with Crippen molar-refractivity contribution in [2.45, 2.75) is 18.3 Å². The van der Waals surface area contributed by atoms with Gasteiger partial charge in [-0.25, -0.2) is 0 Å². The Hall–Kier alpha value is -2.89. The second kappa shape index (κ2) is 5.96. The zero-order valence-electron chi connectivity index (χ0n) is 13.5. The summed E-state index contributed by atoms with van der Waals surface area (Å²) >= 11 is 0. The molecule has 1 saturated carbocycles. The number of rotatable bonds is 5. The quantitative estimate of drug-likeness (QED) is 0.716. The molecule has 0 N–H and O–H groups in total. The van der Waals surface area contributed by atoms with Crippen LogP contribution in [-0.4, -0.2) is 29.3 Å². The maximum atomic E-state index is 5.47. The standard InChI is InChI=1S/C18H17N3O3/c1-22-15-6-5-11(8-16(15)23-2)17-20-18(24-21-17)14-9-13(14)12-4-3-7-19-10-12/h3-8,10,13-14H,9H2,1-2H3/t13-,14-/m1/s1. The summed E-state index contributed by atoms with van der Waals surface area (Å²) in [6.45, 7) is 0. The van der Waals surface area contributed by atoms with Crippen molar-refractivity contribution in [3.05, 3.63) is 54.2 Å². The van der Waals surface area contributed by atoms with Gasteiger partial charge in [0.25, 0.3) is 0 Å². The number of hydrogen-bond acceptors (Lipinski definition) is 6. The molecule has 0 bridgehead atoms. The van der Waals surface area contributed by atoms with Gasteiger partial charge in [-0.2, -0.15) is 4.98 Å². The summed E-state index contributed by atoms with van der Waals surface area (Å²) in [5.74, 6) is 3.23. The number of benzene rings is 1. The van der Waals surface area contributed by atoms with Gasteiger partial charge in [-0.1, -0.05) is 11.2 Å². The van der Waals surface area contributed by atoms with Crippen molar-refractivity contribution >= 4 is 0 Å². The number of nitrogens with zero attached hydrogens (tertiary/aromatic N) is 3. The third kappa shape index (κ3) is 2.60. The van der Waals surface area contributed by atoms with E-state index in [1.54, 1.807) is 20.4 Å². The second-order valence-corrected chi connectivity index (χ2v) is 5.76. The van der Waals surface area contributed by atoms with E-state index in [1.807, 2.05) is 30.5 Å². The van der Waals surface area contributed by atoms with E-state index < -0.39 is 0 Å². The summed E-state index contributed by atoms with van der Waals surface area (Å²) < 4.78 is 16.0. The molecule has 6 heteroatoms. The minimum absolute atomic E-state index is 0.274. The molecule has 1 fully saturated rings. The third-order valence-corrected chi connectivity index (χ3v) is 4.30. The molecule has 2 heterocycles. The van der Waals surface area contributed by atoms with Gasteiger partial charge in [0, 0.05) is 23.9 Å². The van der Waals surface area contributed by atoms with Crippen LogP contribution in [0.5, 0.6) is 11.5 Å². The summed E-state index contributed by atoms with van der Waals surface area (Å²) in [6.07, 6.45) is 4.69. The molecule has 0 spiro atoms. The predicted octanol–water partition coefficient (Wildman–Crippen LogP) is 3.42. The van der Waals surface area contributed by atoms with Gasteiger partial charge >= 0.3 is 0 Å². The molecule has 1 aliphatic carbocycles. The van der Waals surface area contributed by atoms with Gasteiger partial charge in [0.05, 0.1) is 14.2 Å². The van der Waals surface area contributed by atoms with Gasteiger partial charge < -0.3 is 14.0 Å². The van der Waals surface area contributed by atoms with E-state index in [1.165, 1.54) is 5.56 Å². The van der Waals surface area contributed by atoms with E-state index in [-0.39, 0.29) is 5.92 Å². The van der Waals surface area contributed by atoms with E-state index in [4.69, 9.17) is 14.0 Å². The van der Waals surface area contributed by atoms with Gasteiger partial charge in [-0.05, 0) is 42.2 Å². The molecular formula is C18H17N3O3. The summed E-state index contributed by atoms with van der Waals surface area (Å²) in [5, 5.41) is 4.11. The van der Waals surface area contributed by atoms with Gasteiger partial charge in [-0.15, -0.1) is 0 Å². The predicted molar refractivity (Wildman–Crippen MR) is 87.2 cm³/mol. The molecule has 1 aromatic carbocycles. The zero-order valence-corrected chi connectivity index (χ0v) is 13.5. The first-order chi connectivity index (χ1) is 11.8. The van der Waals surface area contributed by atoms with Crippen molar-refractivity contribution in [2.75, 3.05) is 14.2 Å². The minimum atomic E-state index is 0.274. The lowest BCUT2D eigenvalue weighted by Crippen LogP contribution is -1.91. The molecule has 24 heavy (non-hydrogen) atoms. The Morgan fingerprint density at radius 1 is 1.08 bits per heavy atom. The lowest BCUT2D eigenvalue weighted by atomic mass is 10.1. The van der Waals surface area contributed by atoms with E-state index in [0.717, 1.165) is 12.0 Å². The van der Waals surface area contributed by atoms with Crippen molar-refractivity contribution in [1.29, 1.82) is 0 Å². The Balaban J connectivity index is 1.56. The Kier molecular flexibility index (Phi) is 3.65. The molecule has 0 radical (unpaired) electrons. The van der Waals surface area contributed by atoms with Crippen LogP contribution < -0.4 is 9.47 Å². The summed E-state index contributed by atoms with van der Waals surface area (Å²) in [6, 6.07) is 9.61. The monoisotopic (exact) mass is 323 g/mol. The zero-order chi connectivity index (χ0) is 16.5. The number of pyridine rings is 1. The van der Waals surface area contributed by atoms with Crippen molar-refractivity contribution < 1.29 is 14.0 Å². The van der Waals surface area contributed by atoms with Crippen LogP contribution in [0.2, 0.25) is 0 Å². The molecule has 1 aliphatic rings. The van der Waals surface area contributed by atoms with Crippen molar-refractivity contribution in [1.82, 2.24) is 15.1 Å². The van der Waals surface area contributed by atoms with Gasteiger partial charge in [0.15, 0.2) is 11.5 Å². The third-order valence-electron chi connectivity index (χ3n) is 4.30. The first-order valence-electron chi connectivity index (χ1n) is 7.76. The molecule has 0 unspecified atom stereocenters. The van der Waals surface area contributed by atoms with Crippen LogP contribution in [-0.2, 0) is 0 Å². The van der Waals surface area contributed by atoms with Crippen LogP contribution in [0.15, 0.2) is 47.2 Å².